The number of rotatable bonds is 5. The summed E-state index contributed by atoms with van der Waals surface area (Å²) < 4.78 is 46.6. The Hall–Kier alpha value is -2.29. The number of hydrogen-bond donors (Lipinski definition) is 1. The van der Waals surface area contributed by atoms with Gasteiger partial charge in [0, 0.05) is 30.9 Å². The van der Waals surface area contributed by atoms with Crippen molar-refractivity contribution in [3.8, 4) is 0 Å². The molecule has 1 saturated heterocycles. The Morgan fingerprint density at radius 2 is 1.97 bits per heavy atom. The molecular weight excluding hydrogens is 395 g/mol. The summed E-state index contributed by atoms with van der Waals surface area (Å²) in [7, 11) is -3.65. The number of fused-ring (bicyclic) bond motifs is 1. The van der Waals surface area contributed by atoms with Gasteiger partial charge in [-0.15, -0.1) is 0 Å². The van der Waals surface area contributed by atoms with E-state index in [-0.39, 0.29) is 23.5 Å². The number of benzene rings is 2. The van der Waals surface area contributed by atoms with E-state index < -0.39 is 15.8 Å². The fourth-order valence-electron chi connectivity index (χ4n) is 3.79. The second kappa shape index (κ2) is 8.22. The van der Waals surface area contributed by atoms with Crippen molar-refractivity contribution in [2.75, 3.05) is 24.6 Å². The lowest BCUT2D eigenvalue weighted by Crippen LogP contribution is -2.36. The molecule has 1 amide bonds. The number of nitrogens with one attached hydrogen (secondary N) is 1. The molecule has 0 saturated carbocycles. The van der Waals surface area contributed by atoms with Gasteiger partial charge in [0.25, 0.3) is 5.91 Å². The predicted octanol–water partition coefficient (Wildman–Crippen LogP) is 2.88. The zero-order chi connectivity index (χ0) is 20.4. The summed E-state index contributed by atoms with van der Waals surface area (Å²) in [5.41, 5.74) is 1.91. The Kier molecular flexibility index (Phi) is 5.67. The summed E-state index contributed by atoms with van der Waals surface area (Å²) in [4.78, 5) is 14.7. The van der Waals surface area contributed by atoms with Gasteiger partial charge in [-0.25, -0.2) is 17.5 Å². The highest BCUT2D eigenvalue weighted by Crippen LogP contribution is 2.30. The number of carbonyl (C=O) groups is 1. The Bertz CT molecular complexity index is 1000. The molecule has 0 aliphatic carbocycles. The van der Waals surface area contributed by atoms with Crippen molar-refractivity contribution >= 4 is 21.6 Å². The smallest absolute Gasteiger partial charge is 0.258 e. The van der Waals surface area contributed by atoms with Crippen LogP contribution in [-0.4, -0.2) is 40.1 Å². The van der Waals surface area contributed by atoms with Crippen LogP contribution in [-0.2, 0) is 21.2 Å². The number of nitrogens with zero attached hydrogens (tertiary/aromatic N) is 1. The van der Waals surface area contributed by atoms with Gasteiger partial charge in [0.05, 0.1) is 11.0 Å². The molecule has 2 heterocycles. The number of aryl methyl sites for hydroxylation is 1. The van der Waals surface area contributed by atoms with Gasteiger partial charge in [0.1, 0.15) is 5.82 Å². The molecule has 6 nitrogen and oxygen atoms in total. The Labute approximate surface area is 169 Å². The van der Waals surface area contributed by atoms with Crippen molar-refractivity contribution in [3.05, 3.63) is 59.4 Å². The summed E-state index contributed by atoms with van der Waals surface area (Å²) in [6.07, 6.45) is 3.15. The van der Waals surface area contributed by atoms with Gasteiger partial charge < -0.3 is 9.64 Å². The first kappa shape index (κ1) is 20.0. The van der Waals surface area contributed by atoms with E-state index in [9.17, 15) is 17.6 Å². The quantitative estimate of drug-likeness (QED) is 0.810. The van der Waals surface area contributed by atoms with Crippen molar-refractivity contribution in [1.29, 1.82) is 0 Å². The van der Waals surface area contributed by atoms with Crippen LogP contribution in [0.5, 0.6) is 0 Å². The second-order valence-corrected chi connectivity index (χ2v) is 9.11. The molecule has 2 aliphatic heterocycles. The molecule has 2 aliphatic rings. The first-order chi connectivity index (χ1) is 13.9. The minimum Gasteiger partial charge on any atom is -0.377 e. The van der Waals surface area contributed by atoms with Gasteiger partial charge in [0.2, 0.25) is 10.0 Å². The van der Waals surface area contributed by atoms with Crippen LogP contribution in [0.1, 0.15) is 35.2 Å². The monoisotopic (exact) mass is 418 g/mol. The Balaban J connectivity index is 1.54. The van der Waals surface area contributed by atoms with E-state index in [0.717, 1.165) is 24.8 Å². The average molecular weight is 418 g/mol. The third-order valence-electron chi connectivity index (χ3n) is 5.34. The number of ether oxygens (including phenoxy) is 1. The molecule has 0 unspecified atom stereocenters. The minimum atomic E-state index is -3.65. The van der Waals surface area contributed by atoms with Gasteiger partial charge in [-0.05, 0) is 73.7 Å². The lowest BCUT2D eigenvalue weighted by atomic mass is 10.0. The van der Waals surface area contributed by atoms with E-state index in [4.69, 9.17) is 4.74 Å². The molecule has 4 rings (SSSR count). The summed E-state index contributed by atoms with van der Waals surface area (Å²) in [6.45, 7) is 1.46. The standard InChI is InChI=1S/C21H23FN2O4S/c22-17-7-5-15(6-8-17)21(25)24-11-1-3-16-13-19(9-10-20(16)24)29(26,27)23-14-18-4-2-12-28-18/h5-10,13,18,23H,1-4,11-12,14H2/t18-/m1/s1. The van der Waals surface area contributed by atoms with Crippen molar-refractivity contribution in [2.24, 2.45) is 0 Å². The van der Waals surface area contributed by atoms with Crippen molar-refractivity contribution in [2.45, 2.75) is 36.7 Å². The van der Waals surface area contributed by atoms with Crippen LogP contribution < -0.4 is 9.62 Å². The van der Waals surface area contributed by atoms with Gasteiger partial charge in [0.15, 0.2) is 0 Å². The fraction of sp³-hybridized carbons (Fsp3) is 0.381. The molecule has 1 atom stereocenters. The number of halogens is 1. The fourth-order valence-corrected chi connectivity index (χ4v) is 4.91. The summed E-state index contributed by atoms with van der Waals surface area (Å²) in [5, 5.41) is 0. The Morgan fingerprint density at radius 1 is 1.17 bits per heavy atom. The van der Waals surface area contributed by atoms with Gasteiger partial charge in [-0.1, -0.05) is 0 Å². The van der Waals surface area contributed by atoms with Crippen LogP contribution in [0.2, 0.25) is 0 Å². The van der Waals surface area contributed by atoms with E-state index in [1.807, 2.05) is 0 Å². The maximum atomic E-state index is 13.2. The van der Waals surface area contributed by atoms with E-state index >= 15 is 0 Å². The van der Waals surface area contributed by atoms with Crippen LogP contribution in [0, 0.1) is 5.82 Å². The second-order valence-electron chi connectivity index (χ2n) is 7.34. The SMILES string of the molecule is O=C(c1ccc(F)cc1)N1CCCc2cc(S(=O)(=O)NC[C@H]3CCCO3)ccc21. The van der Waals surface area contributed by atoms with Crippen molar-refractivity contribution < 1.29 is 22.3 Å². The molecular formula is C21H23FN2O4S. The average Bonchev–Trinajstić information content (AvgIpc) is 3.25. The molecule has 0 radical (unpaired) electrons. The van der Waals surface area contributed by atoms with Gasteiger partial charge in [-0.2, -0.15) is 0 Å². The highest BCUT2D eigenvalue weighted by molar-refractivity contribution is 7.89. The maximum absolute atomic E-state index is 13.2. The van der Waals surface area contributed by atoms with Crippen molar-refractivity contribution in [3.63, 3.8) is 0 Å². The number of anilines is 1. The zero-order valence-corrected chi connectivity index (χ0v) is 16.8. The third kappa shape index (κ3) is 4.34. The third-order valence-corrected chi connectivity index (χ3v) is 6.76. The summed E-state index contributed by atoms with van der Waals surface area (Å²) in [6, 6.07) is 10.3. The molecule has 2 aromatic rings. The molecule has 0 aromatic heterocycles. The van der Waals surface area contributed by atoms with Crippen LogP contribution in [0.3, 0.4) is 0 Å². The molecule has 154 valence electrons. The highest BCUT2D eigenvalue weighted by Gasteiger charge is 2.26. The summed E-state index contributed by atoms with van der Waals surface area (Å²) in [5.74, 6) is -0.621. The molecule has 1 fully saturated rings. The van der Waals surface area contributed by atoms with E-state index in [2.05, 4.69) is 4.72 Å². The van der Waals surface area contributed by atoms with E-state index in [1.54, 1.807) is 17.0 Å². The Morgan fingerprint density at radius 3 is 2.69 bits per heavy atom. The van der Waals surface area contributed by atoms with Crippen LogP contribution in [0.25, 0.3) is 0 Å². The van der Waals surface area contributed by atoms with Crippen LogP contribution >= 0.6 is 0 Å². The largest absolute Gasteiger partial charge is 0.377 e. The number of hydrogen-bond acceptors (Lipinski definition) is 4. The van der Waals surface area contributed by atoms with Crippen LogP contribution in [0.4, 0.5) is 10.1 Å². The van der Waals surface area contributed by atoms with Crippen molar-refractivity contribution in [1.82, 2.24) is 4.72 Å². The number of amides is 1. The summed E-state index contributed by atoms with van der Waals surface area (Å²) >= 11 is 0. The molecule has 8 heteroatoms. The minimum absolute atomic E-state index is 0.0776. The molecule has 1 N–H and O–H groups in total. The number of carbonyl (C=O) groups excluding carboxylic acids is 1. The highest BCUT2D eigenvalue weighted by atomic mass is 32.2. The topological polar surface area (TPSA) is 75.7 Å². The van der Waals surface area contributed by atoms with E-state index in [0.29, 0.717) is 30.8 Å². The maximum Gasteiger partial charge on any atom is 0.258 e. The molecule has 29 heavy (non-hydrogen) atoms. The van der Waals surface area contributed by atoms with Crippen LogP contribution in [0.15, 0.2) is 47.4 Å². The molecule has 0 bridgehead atoms. The molecule has 0 spiro atoms. The van der Waals surface area contributed by atoms with E-state index in [1.165, 1.54) is 30.3 Å². The first-order valence-corrected chi connectivity index (χ1v) is 11.2. The van der Waals surface area contributed by atoms with Gasteiger partial charge in [-0.3, -0.25) is 4.79 Å². The lowest BCUT2D eigenvalue weighted by Gasteiger charge is -2.30. The van der Waals surface area contributed by atoms with Gasteiger partial charge >= 0.3 is 0 Å². The normalized spacial score (nSPS) is 19.2. The molecule has 2 aromatic carbocycles. The lowest BCUT2D eigenvalue weighted by molar-refractivity contribution is 0.0985. The first-order valence-electron chi connectivity index (χ1n) is 9.76. The zero-order valence-electron chi connectivity index (χ0n) is 15.9. The number of sulfonamides is 1. The predicted molar refractivity (Wildman–Crippen MR) is 107 cm³/mol.